The number of benzene rings is 2. The van der Waals surface area contributed by atoms with Crippen molar-refractivity contribution in [2.45, 2.75) is 6.54 Å². The van der Waals surface area contributed by atoms with Crippen LogP contribution in [0, 0.1) is 0 Å². The fourth-order valence-corrected chi connectivity index (χ4v) is 3.36. The van der Waals surface area contributed by atoms with Crippen molar-refractivity contribution in [1.29, 1.82) is 0 Å². The fraction of sp³-hybridized carbons (Fsp3) is 0.100. The molecule has 2 aromatic heterocycles. The Labute approximate surface area is 143 Å². The molecule has 5 nitrogen and oxygen atoms in total. The third-order valence-corrected chi connectivity index (χ3v) is 4.59. The van der Waals surface area contributed by atoms with Gasteiger partial charge in [0.25, 0.3) is 0 Å². The van der Waals surface area contributed by atoms with E-state index in [9.17, 15) is 4.79 Å². The van der Waals surface area contributed by atoms with E-state index in [1.165, 1.54) is 0 Å². The summed E-state index contributed by atoms with van der Waals surface area (Å²) >= 11 is 0. The van der Waals surface area contributed by atoms with Crippen LogP contribution in [0.25, 0.3) is 21.7 Å². The number of rotatable bonds is 1. The maximum Gasteiger partial charge on any atom is 0.344 e. The molecule has 0 fully saturated rings. The van der Waals surface area contributed by atoms with Gasteiger partial charge < -0.3 is 14.1 Å². The smallest absolute Gasteiger partial charge is 0.344 e. The van der Waals surface area contributed by atoms with Crippen molar-refractivity contribution < 1.29 is 9.15 Å². The minimum absolute atomic E-state index is 0.324. The molecule has 0 saturated heterocycles. The second kappa shape index (κ2) is 5.34. The number of ether oxygens (including phenoxy) is 1. The van der Waals surface area contributed by atoms with Gasteiger partial charge in [-0.3, -0.25) is 4.98 Å². The normalized spacial score (nSPS) is 13.7. The van der Waals surface area contributed by atoms with Gasteiger partial charge in [0.1, 0.15) is 11.3 Å². The Balaban J connectivity index is 1.73. The average molecular weight is 330 g/mol. The molecule has 0 unspecified atom stereocenters. The van der Waals surface area contributed by atoms with Gasteiger partial charge in [0.15, 0.2) is 6.73 Å². The molecular weight excluding hydrogens is 316 g/mol. The van der Waals surface area contributed by atoms with E-state index in [1.54, 1.807) is 18.5 Å². The van der Waals surface area contributed by atoms with Gasteiger partial charge in [-0.1, -0.05) is 18.2 Å². The largest absolute Gasteiger partial charge is 0.473 e. The quantitative estimate of drug-likeness (QED) is 0.393. The van der Waals surface area contributed by atoms with Gasteiger partial charge in [-0.05, 0) is 35.7 Å². The molecule has 122 valence electrons. The van der Waals surface area contributed by atoms with Crippen molar-refractivity contribution in [1.82, 2.24) is 4.98 Å². The highest BCUT2D eigenvalue weighted by atomic mass is 16.5. The number of fused-ring (bicyclic) bond motifs is 5. The van der Waals surface area contributed by atoms with Crippen LogP contribution >= 0.6 is 0 Å². The Morgan fingerprint density at radius 1 is 0.960 bits per heavy atom. The summed E-state index contributed by atoms with van der Waals surface area (Å²) < 4.78 is 11.6. The SMILES string of the molecule is O=c1oc2c3c(ccc2c2ccccc12)OCN(c1cccnc1)C3. The number of hydrogen-bond acceptors (Lipinski definition) is 5. The predicted octanol–water partition coefficient (Wildman–Crippen LogP) is 3.70. The Kier molecular flexibility index (Phi) is 3.00. The van der Waals surface area contributed by atoms with Crippen LogP contribution in [0.15, 0.2) is 70.1 Å². The van der Waals surface area contributed by atoms with Crippen LogP contribution in [0.1, 0.15) is 5.56 Å². The van der Waals surface area contributed by atoms with E-state index in [-0.39, 0.29) is 5.63 Å². The van der Waals surface area contributed by atoms with Gasteiger partial charge >= 0.3 is 5.63 Å². The molecule has 0 radical (unpaired) electrons. The first kappa shape index (κ1) is 14.0. The number of nitrogens with zero attached hydrogens (tertiary/aromatic N) is 2. The Bertz CT molecular complexity index is 1150. The third kappa shape index (κ3) is 2.16. The van der Waals surface area contributed by atoms with Gasteiger partial charge in [0.2, 0.25) is 0 Å². The van der Waals surface area contributed by atoms with Crippen molar-refractivity contribution in [2.75, 3.05) is 11.6 Å². The molecule has 0 N–H and O–H groups in total. The first-order valence-electron chi connectivity index (χ1n) is 8.06. The second-order valence-electron chi connectivity index (χ2n) is 6.04. The van der Waals surface area contributed by atoms with Crippen LogP contribution in [0.4, 0.5) is 5.69 Å². The summed E-state index contributed by atoms with van der Waals surface area (Å²) in [7, 11) is 0. The van der Waals surface area contributed by atoms with Crippen molar-refractivity contribution in [2.24, 2.45) is 0 Å². The maximum absolute atomic E-state index is 12.4. The lowest BCUT2D eigenvalue weighted by Crippen LogP contribution is -2.32. The number of anilines is 1. The van der Waals surface area contributed by atoms with E-state index in [0.29, 0.717) is 24.2 Å². The molecule has 5 heteroatoms. The zero-order valence-electron chi connectivity index (χ0n) is 13.3. The Hall–Kier alpha value is -3.34. The lowest BCUT2D eigenvalue weighted by atomic mass is 10.0. The Morgan fingerprint density at radius 2 is 1.84 bits per heavy atom. The molecule has 0 spiro atoms. The summed E-state index contributed by atoms with van der Waals surface area (Å²) in [6.45, 7) is 1.03. The minimum atomic E-state index is -0.324. The van der Waals surface area contributed by atoms with Crippen molar-refractivity contribution >= 4 is 27.4 Å². The van der Waals surface area contributed by atoms with Crippen LogP contribution in [-0.2, 0) is 6.54 Å². The number of hydrogen-bond donors (Lipinski definition) is 0. The summed E-state index contributed by atoms with van der Waals surface area (Å²) in [5, 5.41) is 2.41. The highest BCUT2D eigenvalue weighted by molar-refractivity contribution is 6.05. The van der Waals surface area contributed by atoms with E-state index in [0.717, 1.165) is 27.8 Å². The maximum atomic E-state index is 12.4. The van der Waals surface area contributed by atoms with Crippen molar-refractivity contribution in [3.63, 3.8) is 0 Å². The van der Waals surface area contributed by atoms with Gasteiger partial charge in [0, 0.05) is 11.6 Å². The highest BCUT2D eigenvalue weighted by Gasteiger charge is 2.22. The molecule has 4 aromatic rings. The van der Waals surface area contributed by atoms with E-state index in [4.69, 9.17) is 9.15 Å². The summed E-state index contributed by atoms with van der Waals surface area (Å²) in [6.07, 6.45) is 3.54. The van der Waals surface area contributed by atoms with Crippen molar-refractivity contribution in [3.05, 3.63) is 76.9 Å². The molecule has 0 bridgehead atoms. The molecule has 3 heterocycles. The van der Waals surface area contributed by atoms with E-state index < -0.39 is 0 Å². The summed E-state index contributed by atoms with van der Waals surface area (Å²) in [4.78, 5) is 18.6. The fourth-order valence-electron chi connectivity index (χ4n) is 3.36. The molecule has 0 amide bonds. The average Bonchev–Trinajstić information content (AvgIpc) is 2.68. The van der Waals surface area contributed by atoms with Gasteiger partial charge in [-0.2, -0.15) is 0 Å². The number of aromatic nitrogens is 1. The van der Waals surface area contributed by atoms with Crippen LogP contribution in [0.5, 0.6) is 5.75 Å². The molecule has 1 aliphatic rings. The Morgan fingerprint density at radius 3 is 2.68 bits per heavy atom. The zero-order valence-corrected chi connectivity index (χ0v) is 13.3. The van der Waals surface area contributed by atoms with Crippen LogP contribution < -0.4 is 15.3 Å². The standard InChI is InChI=1S/C20H14N2O3/c23-20-16-6-2-1-5-14(16)15-7-8-18-17(19(15)25-20)11-22(12-24-18)13-4-3-9-21-10-13/h1-10H,11-12H2. The van der Waals surface area contributed by atoms with Crippen LogP contribution in [-0.4, -0.2) is 11.7 Å². The van der Waals surface area contributed by atoms with Crippen LogP contribution in [0.2, 0.25) is 0 Å². The lowest BCUT2D eigenvalue weighted by molar-refractivity contribution is 0.289. The zero-order chi connectivity index (χ0) is 16.8. The van der Waals surface area contributed by atoms with E-state index >= 15 is 0 Å². The molecule has 5 rings (SSSR count). The third-order valence-electron chi connectivity index (χ3n) is 4.59. The highest BCUT2D eigenvalue weighted by Crippen LogP contribution is 2.35. The van der Waals surface area contributed by atoms with E-state index in [1.807, 2.05) is 42.5 Å². The lowest BCUT2D eigenvalue weighted by Gasteiger charge is -2.30. The molecule has 2 aromatic carbocycles. The summed E-state index contributed by atoms with van der Waals surface area (Å²) in [5.74, 6) is 0.756. The molecular formula is C20H14N2O3. The molecule has 0 saturated carbocycles. The summed E-state index contributed by atoms with van der Waals surface area (Å²) in [5.41, 5.74) is 2.12. The van der Waals surface area contributed by atoms with Gasteiger partial charge in [-0.25, -0.2) is 4.79 Å². The minimum Gasteiger partial charge on any atom is -0.473 e. The van der Waals surface area contributed by atoms with Gasteiger partial charge in [-0.15, -0.1) is 0 Å². The molecule has 25 heavy (non-hydrogen) atoms. The van der Waals surface area contributed by atoms with Gasteiger partial charge in [0.05, 0.1) is 29.4 Å². The first-order chi connectivity index (χ1) is 12.3. The molecule has 0 aliphatic carbocycles. The topological polar surface area (TPSA) is 55.6 Å². The number of pyridine rings is 1. The van der Waals surface area contributed by atoms with Crippen LogP contribution in [0.3, 0.4) is 0 Å². The first-order valence-corrected chi connectivity index (χ1v) is 8.06. The van der Waals surface area contributed by atoms with E-state index in [2.05, 4.69) is 9.88 Å². The molecule has 0 atom stereocenters. The van der Waals surface area contributed by atoms with Crippen molar-refractivity contribution in [3.8, 4) is 5.75 Å². The monoisotopic (exact) mass is 330 g/mol. The molecule has 1 aliphatic heterocycles. The summed E-state index contributed by atoms with van der Waals surface area (Å²) in [6, 6.07) is 15.3. The predicted molar refractivity (Wildman–Crippen MR) is 95.9 cm³/mol. The second-order valence-corrected chi connectivity index (χ2v) is 6.04.